The summed E-state index contributed by atoms with van der Waals surface area (Å²) >= 11 is 3.35. The van der Waals surface area contributed by atoms with Crippen LogP contribution in [0.5, 0.6) is 5.75 Å². The summed E-state index contributed by atoms with van der Waals surface area (Å²) in [6.45, 7) is 0. The van der Waals surface area contributed by atoms with Crippen molar-refractivity contribution in [2.24, 2.45) is 0 Å². The highest BCUT2D eigenvalue weighted by atomic mass is 79.9. The Kier molecular flexibility index (Phi) is 4.53. The molecule has 0 heterocycles. The molecular weight excluding hydrogens is 314 g/mol. The molecule has 0 fully saturated rings. The van der Waals surface area contributed by atoms with Crippen molar-refractivity contribution in [2.75, 3.05) is 7.11 Å². The van der Waals surface area contributed by atoms with Crippen LogP contribution in [0.3, 0.4) is 0 Å². The van der Waals surface area contributed by atoms with E-state index in [9.17, 15) is 8.78 Å². The third-order valence-corrected chi connectivity index (χ3v) is 3.69. The molecular formula is C15H13BrF2O. The monoisotopic (exact) mass is 326 g/mol. The van der Waals surface area contributed by atoms with E-state index in [1.165, 1.54) is 18.2 Å². The summed E-state index contributed by atoms with van der Waals surface area (Å²) < 4.78 is 32.6. The molecule has 0 N–H and O–H groups in total. The van der Waals surface area contributed by atoms with E-state index < -0.39 is 16.5 Å². The van der Waals surface area contributed by atoms with Gasteiger partial charge in [0.05, 0.1) is 7.11 Å². The summed E-state index contributed by atoms with van der Waals surface area (Å²) in [6.07, 6.45) is 0.446. The Morgan fingerprint density at radius 3 is 2.32 bits per heavy atom. The highest BCUT2D eigenvalue weighted by molar-refractivity contribution is 9.09. The molecule has 0 amide bonds. The average Bonchev–Trinajstić information content (AvgIpc) is 2.39. The van der Waals surface area contributed by atoms with Crippen molar-refractivity contribution in [3.05, 3.63) is 65.2 Å². The molecule has 0 saturated heterocycles. The maximum Gasteiger partial charge on any atom is 0.130 e. The molecule has 0 aromatic heterocycles. The molecule has 0 radical (unpaired) electrons. The van der Waals surface area contributed by atoms with Gasteiger partial charge < -0.3 is 4.74 Å². The van der Waals surface area contributed by atoms with Crippen LogP contribution in [0.15, 0.2) is 42.5 Å². The van der Waals surface area contributed by atoms with Crippen molar-refractivity contribution in [1.29, 1.82) is 0 Å². The molecule has 2 aromatic rings. The number of rotatable bonds is 4. The van der Waals surface area contributed by atoms with E-state index in [-0.39, 0.29) is 5.56 Å². The van der Waals surface area contributed by atoms with Crippen LogP contribution in [0.1, 0.15) is 16.0 Å². The largest absolute Gasteiger partial charge is 0.496 e. The summed E-state index contributed by atoms with van der Waals surface area (Å²) in [6, 6.07) is 11.3. The number of alkyl halides is 1. The van der Waals surface area contributed by atoms with E-state index in [1.54, 1.807) is 7.11 Å². The lowest BCUT2D eigenvalue weighted by Crippen LogP contribution is -2.03. The second-order valence-corrected chi connectivity index (χ2v) is 5.22. The van der Waals surface area contributed by atoms with E-state index in [1.807, 2.05) is 24.3 Å². The lowest BCUT2D eigenvalue weighted by atomic mass is 10.0. The van der Waals surface area contributed by atoms with Crippen molar-refractivity contribution in [3.8, 4) is 5.75 Å². The van der Waals surface area contributed by atoms with Crippen molar-refractivity contribution in [3.63, 3.8) is 0 Å². The smallest absolute Gasteiger partial charge is 0.130 e. The Balaban J connectivity index is 2.28. The van der Waals surface area contributed by atoms with E-state index >= 15 is 0 Å². The van der Waals surface area contributed by atoms with Gasteiger partial charge >= 0.3 is 0 Å². The molecule has 4 heteroatoms. The molecule has 0 aliphatic heterocycles. The zero-order valence-corrected chi connectivity index (χ0v) is 12.0. The first-order chi connectivity index (χ1) is 9.13. The minimum atomic E-state index is -0.545. The van der Waals surface area contributed by atoms with Crippen LogP contribution in [0, 0.1) is 11.6 Å². The zero-order valence-electron chi connectivity index (χ0n) is 10.4. The molecule has 2 aromatic carbocycles. The highest BCUT2D eigenvalue weighted by Gasteiger charge is 2.19. The van der Waals surface area contributed by atoms with Crippen molar-refractivity contribution in [1.82, 2.24) is 0 Å². The molecule has 0 aliphatic carbocycles. The van der Waals surface area contributed by atoms with Gasteiger partial charge in [-0.1, -0.05) is 40.2 Å². The second-order valence-electron chi connectivity index (χ2n) is 4.12. The molecule has 0 bridgehead atoms. The van der Waals surface area contributed by atoms with Crippen LogP contribution < -0.4 is 4.74 Å². The average molecular weight is 327 g/mol. The topological polar surface area (TPSA) is 9.23 Å². The molecule has 0 saturated carbocycles. The van der Waals surface area contributed by atoms with Crippen LogP contribution in [0.2, 0.25) is 0 Å². The summed E-state index contributed by atoms with van der Waals surface area (Å²) in [7, 11) is 1.58. The molecule has 2 rings (SSSR count). The lowest BCUT2D eigenvalue weighted by Gasteiger charge is -2.14. The van der Waals surface area contributed by atoms with Crippen LogP contribution in [0.4, 0.5) is 8.78 Å². The minimum Gasteiger partial charge on any atom is -0.496 e. The summed E-state index contributed by atoms with van der Waals surface area (Å²) in [5, 5.41) is 0. The van der Waals surface area contributed by atoms with E-state index in [0.717, 1.165) is 5.56 Å². The fraction of sp³-hybridized carbons (Fsp3) is 0.200. The Morgan fingerprint density at radius 1 is 1.05 bits per heavy atom. The molecule has 19 heavy (non-hydrogen) atoms. The first-order valence-corrected chi connectivity index (χ1v) is 6.75. The van der Waals surface area contributed by atoms with Gasteiger partial charge in [0.2, 0.25) is 0 Å². The molecule has 100 valence electrons. The first kappa shape index (κ1) is 14.0. The quantitative estimate of drug-likeness (QED) is 0.743. The van der Waals surface area contributed by atoms with E-state index in [0.29, 0.717) is 12.2 Å². The standard InChI is InChI=1S/C15H13BrF2O/c1-19-14-8-3-2-5-10(14)9-11(16)15-12(17)6-4-7-13(15)18/h2-8,11H,9H2,1H3. The van der Waals surface area contributed by atoms with Gasteiger partial charge in [-0.3, -0.25) is 0 Å². The molecule has 0 spiro atoms. The predicted octanol–water partition coefficient (Wildman–Crippen LogP) is 4.65. The third kappa shape index (κ3) is 3.13. The van der Waals surface area contributed by atoms with Gasteiger partial charge in [-0.2, -0.15) is 0 Å². The third-order valence-electron chi connectivity index (χ3n) is 2.90. The molecule has 1 unspecified atom stereocenters. The van der Waals surface area contributed by atoms with Crippen molar-refractivity contribution in [2.45, 2.75) is 11.2 Å². The molecule has 1 atom stereocenters. The minimum absolute atomic E-state index is 0.0495. The number of methoxy groups -OCH3 is 1. The SMILES string of the molecule is COc1ccccc1CC(Br)c1c(F)cccc1F. The molecule has 0 aliphatic rings. The van der Waals surface area contributed by atoms with Crippen LogP contribution in [0.25, 0.3) is 0 Å². The Bertz CT molecular complexity index is 552. The van der Waals surface area contributed by atoms with Gasteiger partial charge in [-0.05, 0) is 30.2 Å². The van der Waals surface area contributed by atoms with Crippen LogP contribution in [-0.4, -0.2) is 7.11 Å². The van der Waals surface area contributed by atoms with E-state index in [2.05, 4.69) is 15.9 Å². The predicted molar refractivity (Wildman–Crippen MR) is 74.7 cm³/mol. The first-order valence-electron chi connectivity index (χ1n) is 5.83. The maximum absolute atomic E-state index is 13.7. The van der Waals surface area contributed by atoms with Crippen LogP contribution >= 0.6 is 15.9 Å². The van der Waals surface area contributed by atoms with Crippen molar-refractivity contribution >= 4 is 15.9 Å². The Morgan fingerprint density at radius 2 is 1.68 bits per heavy atom. The lowest BCUT2D eigenvalue weighted by molar-refractivity contribution is 0.409. The summed E-state index contributed by atoms with van der Waals surface area (Å²) in [5.41, 5.74) is 0.947. The summed E-state index contributed by atoms with van der Waals surface area (Å²) in [4.78, 5) is -0.440. The zero-order chi connectivity index (χ0) is 13.8. The number of para-hydroxylation sites is 1. The van der Waals surface area contributed by atoms with Gasteiger partial charge in [0.15, 0.2) is 0 Å². The number of hydrogen-bond donors (Lipinski definition) is 0. The van der Waals surface area contributed by atoms with Gasteiger partial charge in [0, 0.05) is 10.4 Å². The number of ether oxygens (including phenoxy) is 1. The van der Waals surface area contributed by atoms with Crippen molar-refractivity contribution < 1.29 is 13.5 Å². The number of hydrogen-bond acceptors (Lipinski definition) is 1. The second kappa shape index (κ2) is 6.15. The van der Waals surface area contributed by atoms with Crippen LogP contribution in [-0.2, 0) is 6.42 Å². The van der Waals surface area contributed by atoms with Gasteiger partial charge in [0.25, 0.3) is 0 Å². The van der Waals surface area contributed by atoms with Gasteiger partial charge in [-0.15, -0.1) is 0 Å². The number of halogens is 3. The highest BCUT2D eigenvalue weighted by Crippen LogP contribution is 2.33. The normalized spacial score (nSPS) is 12.2. The molecule has 1 nitrogen and oxygen atoms in total. The van der Waals surface area contributed by atoms with E-state index in [4.69, 9.17) is 4.74 Å². The fourth-order valence-corrected chi connectivity index (χ4v) is 2.76. The fourth-order valence-electron chi connectivity index (χ4n) is 1.98. The maximum atomic E-state index is 13.7. The van der Waals surface area contributed by atoms with Gasteiger partial charge in [0.1, 0.15) is 17.4 Å². The Hall–Kier alpha value is -1.42. The van der Waals surface area contributed by atoms with Gasteiger partial charge in [-0.25, -0.2) is 8.78 Å². The number of benzene rings is 2. The summed E-state index contributed by atoms with van der Waals surface area (Å²) in [5.74, 6) is -0.378. The Labute approximate surface area is 119 Å².